The van der Waals surface area contributed by atoms with Crippen molar-refractivity contribution >= 4 is 5.78 Å². The molecule has 21 heavy (non-hydrogen) atoms. The lowest BCUT2D eigenvalue weighted by molar-refractivity contribution is -0.117. The Hall–Kier alpha value is -1.19. The number of aliphatic hydroxyl groups is 1. The van der Waals surface area contributed by atoms with E-state index in [0.717, 1.165) is 31.2 Å². The summed E-state index contributed by atoms with van der Waals surface area (Å²) in [7, 11) is 0. The molecule has 0 spiro atoms. The highest BCUT2D eigenvalue weighted by atomic mass is 16.3. The molecule has 1 heterocycles. The second-order valence-corrected chi connectivity index (χ2v) is 6.45. The summed E-state index contributed by atoms with van der Waals surface area (Å²) in [6.45, 7) is 4.40. The minimum absolute atomic E-state index is 0.235. The summed E-state index contributed by atoms with van der Waals surface area (Å²) < 4.78 is 0. The minimum atomic E-state index is -0.767. The first-order chi connectivity index (χ1) is 10.0. The molecule has 0 bridgehead atoms. The van der Waals surface area contributed by atoms with E-state index < -0.39 is 5.60 Å². The summed E-state index contributed by atoms with van der Waals surface area (Å²) in [5, 5.41) is 14.5. The Balaban J connectivity index is 1.86. The summed E-state index contributed by atoms with van der Waals surface area (Å²) >= 11 is 0. The fourth-order valence-corrected chi connectivity index (χ4v) is 3.28. The molecule has 2 rings (SSSR count). The third kappa shape index (κ3) is 4.14. The molecule has 116 valence electrons. The Labute approximate surface area is 127 Å². The van der Waals surface area contributed by atoms with Gasteiger partial charge < -0.3 is 15.2 Å². The maximum Gasteiger partial charge on any atom is 0.129 e. The molecule has 3 atom stereocenters. The number of benzene rings is 1. The topological polar surface area (TPSA) is 49.3 Å². The highest BCUT2D eigenvalue weighted by Crippen LogP contribution is 2.36. The van der Waals surface area contributed by atoms with E-state index in [1.807, 2.05) is 30.3 Å². The van der Waals surface area contributed by atoms with Crippen molar-refractivity contribution in [1.82, 2.24) is 5.32 Å². The van der Waals surface area contributed by atoms with E-state index in [1.165, 1.54) is 0 Å². The smallest absolute Gasteiger partial charge is 0.129 e. The van der Waals surface area contributed by atoms with Crippen molar-refractivity contribution in [2.24, 2.45) is 5.92 Å². The molecule has 1 aromatic rings. The van der Waals surface area contributed by atoms with Gasteiger partial charge in [-0.2, -0.15) is 0 Å². The van der Waals surface area contributed by atoms with Gasteiger partial charge >= 0.3 is 0 Å². The number of unbranched alkanes of at least 4 members (excludes halogenated alkanes) is 1. The normalized spacial score (nSPS) is 29.3. The van der Waals surface area contributed by atoms with Crippen LogP contribution >= 0.6 is 0 Å². The summed E-state index contributed by atoms with van der Waals surface area (Å²) in [6, 6.07) is 10.4. The second kappa shape index (κ2) is 7.19. The third-order valence-corrected chi connectivity index (χ3v) is 4.72. The van der Waals surface area contributed by atoms with Gasteiger partial charge in [-0.25, -0.2) is 0 Å². The quantitative estimate of drug-likeness (QED) is 0.791. The van der Waals surface area contributed by atoms with Gasteiger partial charge in [-0.1, -0.05) is 43.7 Å². The molecule has 1 aliphatic rings. The van der Waals surface area contributed by atoms with Crippen LogP contribution < -0.4 is 5.32 Å². The molecule has 1 fully saturated rings. The number of hydrogen-bond acceptors (Lipinski definition) is 3. The number of Topliss-reactive ketones (excluding diaryl/α,β-unsaturated/α-hetero) is 1. The third-order valence-electron chi connectivity index (χ3n) is 4.72. The van der Waals surface area contributed by atoms with Crippen LogP contribution in [0.1, 0.15) is 51.5 Å². The van der Waals surface area contributed by atoms with Crippen LogP contribution in [0.2, 0.25) is 0 Å². The molecule has 0 radical (unpaired) electrons. The fraction of sp³-hybridized carbons (Fsp3) is 0.611. The van der Waals surface area contributed by atoms with Crippen LogP contribution in [0.25, 0.3) is 0 Å². The van der Waals surface area contributed by atoms with Crippen molar-refractivity contribution in [2.75, 3.05) is 6.54 Å². The Morgan fingerprint density at radius 1 is 1.33 bits per heavy atom. The number of nitrogens with one attached hydrogen (secondary N) is 1. The largest absolute Gasteiger partial charge is 0.384 e. The van der Waals surface area contributed by atoms with Gasteiger partial charge in [-0.15, -0.1) is 0 Å². The molecule has 0 unspecified atom stereocenters. The van der Waals surface area contributed by atoms with Crippen LogP contribution in [0.4, 0.5) is 0 Å². The van der Waals surface area contributed by atoms with Crippen molar-refractivity contribution in [3.8, 4) is 0 Å². The summed E-state index contributed by atoms with van der Waals surface area (Å²) in [5.41, 5.74) is 0.233. The van der Waals surface area contributed by atoms with E-state index >= 15 is 0 Å². The van der Waals surface area contributed by atoms with Gasteiger partial charge in [0.25, 0.3) is 0 Å². The van der Waals surface area contributed by atoms with Crippen molar-refractivity contribution in [3.05, 3.63) is 35.9 Å². The van der Waals surface area contributed by atoms with E-state index in [-0.39, 0.29) is 11.7 Å². The zero-order valence-electron chi connectivity index (χ0n) is 13.1. The van der Waals surface area contributed by atoms with Crippen LogP contribution in [-0.2, 0) is 10.4 Å². The molecule has 0 aliphatic carbocycles. The van der Waals surface area contributed by atoms with Crippen LogP contribution in [0.5, 0.6) is 0 Å². The van der Waals surface area contributed by atoms with Gasteiger partial charge in [-0.3, -0.25) is 0 Å². The Morgan fingerprint density at radius 3 is 2.67 bits per heavy atom. The highest BCUT2D eigenvalue weighted by Gasteiger charge is 2.40. The average molecular weight is 289 g/mol. The summed E-state index contributed by atoms with van der Waals surface area (Å²) in [6.07, 6.45) is 4.81. The lowest BCUT2D eigenvalue weighted by atomic mass is 9.75. The lowest BCUT2D eigenvalue weighted by Gasteiger charge is -2.42. The van der Waals surface area contributed by atoms with Crippen LogP contribution in [-0.4, -0.2) is 23.5 Å². The first-order valence-corrected chi connectivity index (χ1v) is 8.03. The van der Waals surface area contributed by atoms with Gasteiger partial charge in [0.1, 0.15) is 11.4 Å². The number of carbonyl (C=O) groups excluding carboxylic acids is 1. The Kier molecular flexibility index (Phi) is 5.54. The Bertz CT molecular complexity index is 460. The van der Waals surface area contributed by atoms with Crippen molar-refractivity contribution in [2.45, 2.75) is 57.6 Å². The van der Waals surface area contributed by atoms with Gasteiger partial charge in [0, 0.05) is 19.0 Å². The van der Waals surface area contributed by atoms with Crippen molar-refractivity contribution in [3.63, 3.8) is 0 Å². The second-order valence-electron chi connectivity index (χ2n) is 6.45. The minimum Gasteiger partial charge on any atom is -0.384 e. The summed E-state index contributed by atoms with van der Waals surface area (Å²) in [4.78, 5) is 10.9. The molecule has 3 nitrogen and oxygen atoms in total. The van der Waals surface area contributed by atoms with E-state index in [2.05, 4.69) is 12.2 Å². The van der Waals surface area contributed by atoms with Crippen LogP contribution in [0.3, 0.4) is 0 Å². The molecule has 1 aliphatic heterocycles. The van der Waals surface area contributed by atoms with Gasteiger partial charge in [-0.05, 0) is 37.7 Å². The number of β-amino-alcohol motifs (C(OH)–C–C–N with tert-alkyl or cyclic N) is 1. The number of hydrogen-bond donors (Lipinski definition) is 2. The van der Waals surface area contributed by atoms with E-state index in [1.54, 1.807) is 6.92 Å². The standard InChI is InChI=1S/C18H27NO2/c1-14-12-17(11-7-6-8-15(2)20)19-13-18(14,21)16-9-4-3-5-10-16/h3-5,9-10,14,17,19,21H,6-8,11-13H2,1-2H3/t14-,17+,18-/m1/s1. The molecular weight excluding hydrogens is 262 g/mol. The molecule has 0 aromatic heterocycles. The maximum absolute atomic E-state index is 11.0. The maximum atomic E-state index is 11.0. The molecule has 1 saturated heterocycles. The predicted molar refractivity (Wildman–Crippen MR) is 85.1 cm³/mol. The van der Waals surface area contributed by atoms with Crippen molar-refractivity contribution in [1.29, 1.82) is 0 Å². The molecule has 0 amide bonds. The van der Waals surface area contributed by atoms with Crippen LogP contribution in [0.15, 0.2) is 30.3 Å². The van der Waals surface area contributed by atoms with E-state index in [9.17, 15) is 9.90 Å². The SMILES string of the molecule is CC(=O)CCCC[C@H]1C[C@@H](C)[C@@](O)(c2ccccc2)CN1. The first kappa shape index (κ1) is 16.2. The molecule has 0 saturated carbocycles. The zero-order chi connectivity index (χ0) is 15.3. The molecule has 3 heteroatoms. The number of rotatable bonds is 6. The fourth-order valence-electron chi connectivity index (χ4n) is 3.28. The first-order valence-electron chi connectivity index (χ1n) is 8.03. The van der Waals surface area contributed by atoms with Gasteiger partial charge in [0.05, 0.1) is 0 Å². The predicted octanol–water partition coefficient (Wildman–Crippen LogP) is 3.02. The summed E-state index contributed by atoms with van der Waals surface area (Å²) in [5.74, 6) is 0.511. The average Bonchev–Trinajstić information content (AvgIpc) is 2.48. The van der Waals surface area contributed by atoms with Crippen molar-refractivity contribution < 1.29 is 9.90 Å². The number of carbonyl (C=O) groups is 1. The monoisotopic (exact) mass is 289 g/mol. The number of piperidine rings is 1. The van der Waals surface area contributed by atoms with E-state index in [4.69, 9.17) is 0 Å². The highest BCUT2D eigenvalue weighted by molar-refractivity contribution is 5.75. The molecule has 1 aromatic carbocycles. The van der Waals surface area contributed by atoms with Gasteiger partial charge in [0.2, 0.25) is 0 Å². The molecule has 2 N–H and O–H groups in total. The van der Waals surface area contributed by atoms with E-state index in [0.29, 0.717) is 19.0 Å². The Morgan fingerprint density at radius 2 is 2.05 bits per heavy atom. The van der Waals surface area contributed by atoms with Gasteiger partial charge in [0.15, 0.2) is 0 Å². The zero-order valence-corrected chi connectivity index (χ0v) is 13.1. The van der Waals surface area contributed by atoms with Crippen LogP contribution in [0, 0.1) is 5.92 Å². The molecular formula is C18H27NO2. The number of ketones is 1. The lowest BCUT2D eigenvalue weighted by Crippen LogP contribution is -2.53.